The van der Waals surface area contributed by atoms with E-state index in [0.717, 1.165) is 22.3 Å². The molecule has 0 aliphatic rings. The third-order valence-corrected chi connectivity index (χ3v) is 4.42. The molecule has 4 rings (SSSR count). The van der Waals surface area contributed by atoms with Gasteiger partial charge < -0.3 is 14.5 Å². The minimum absolute atomic E-state index is 0.286. The third-order valence-electron chi connectivity index (χ3n) is 4.42. The van der Waals surface area contributed by atoms with Crippen LogP contribution in [0.15, 0.2) is 47.0 Å². The molecule has 7 nitrogen and oxygen atoms in total. The molecule has 0 spiro atoms. The Morgan fingerprint density at radius 3 is 2.92 bits per heavy atom. The van der Waals surface area contributed by atoms with E-state index in [2.05, 4.69) is 15.5 Å². The summed E-state index contributed by atoms with van der Waals surface area (Å²) in [5, 5.41) is 12.1. The fourth-order valence-corrected chi connectivity index (χ4v) is 3.03. The van der Waals surface area contributed by atoms with Crippen molar-refractivity contribution in [2.24, 2.45) is 0 Å². The molecule has 26 heavy (non-hydrogen) atoms. The quantitative estimate of drug-likeness (QED) is 0.611. The molecule has 1 unspecified atom stereocenters. The second kappa shape index (κ2) is 6.18. The van der Waals surface area contributed by atoms with Gasteiger partial charge in [0.15, 0.2) is 17.2 Å². The van der Waals surface area contributed by atoms with Crippen LogP contribution in [0.2, 0.25) is 0 Å². The van der Waals surface area contributed by atoms with Gasteiger partial charge in [-0.2, -0.15) is 0 Å². The number of fused-ring (bicyclic) bond motifs is 2. The number of ether oxygens (including phenoxy) is 1. The van der Waals surface area contributed by atoms with Crippen LogP contribution in [0.5, 0.6) is 5.75 Å². The number of benzene rings is 1. The molecule has 4 aromatic rings. The number of furan rings is 1. The van der Waals surface area contributed by atoms with Crippen LogP contribution in [0, 0.1) is 6.92 Å². The number of aryl methyl sites for hydroxylation is 1. The first-order valence-electron chi connectivity index (χ1n) is 8.26. The summed E-state index contributed by atoms with van der Waals surface area (Å²) in [6.45, 7) is 3.72. The molecule has 0 saturated heterocycles. The van der Waals surface area contributed by atoms with Crippen molar-refractivity contribution in [1.82, 2.24) is 19.9 Å². The zero-order chi connectivity index (χ0) is 18.3. The van der Waals surface area contributed by atoms with Crippen molar-refractivity contribution in [2.45, 2.75) is 19.9 Å². The average molecular weight is 350 g/mol. The summed E-state index contributed by atoms with van der Waals surface area (Å²) in [6.07, 6.45) is 1.87. The number of hydrogen-bond acceptors (Lipinski definition) is 5. The summed E-state index contributed by atoms with van der Waals surface area (Å²) in [7, 11) is 1.61. The minimum atomic E-state index is -0.331. The number of hydrogen-bond donors (Lipinski definition) is 1. The fourth-order valence-electron chi connectivity index (χ4n) is 3.03. The van der Waals surface area contributed by atoms with Crippen LogP contribution in [-0.4, -0.2) is 27.6 Å². The number of pyridine rings is 1. The summed E-state index contributed by atoms with van der Waals surface area (Å²) in [5.74, 6) is 1.37. The minimum Gasteiger partial charge on any atom is -0.497 e. The van der Waals surface area contributed by atoms with Gasteiger partial charge in [-0.3, -0.25) is 9.20 Å². The van der Waals surface area contributed by atoms with E-state index in [1.54, 1.807) is 19.2 Å². The molecule has 3 aromatic heterocycles. The van der Waals surface area contributed by atoms with Crippen molar-refractivity contribution >= 4 is 22.5 Å². The molecule has 1 atom stereocenters. The molecule has 7 heteroatoms. The van der Waals surface area contributed by atoms with Crippen LogP contribution in [-0.2, 0) is 0 Å². The second-order valence-electron chi connectivity index (χ2n) is 6.10. The molecule has 0 fully saturated rings. The summed E-state index contributed by atoms with van der Waals surface area (Å²) >= 11 is 0. The van der Waals surface area contributed by atoms with E-state index in [4.69, 9.17) is 9.15 Å². The lowest BCUT2D eigenvalue weighted by Gasteiger charge is -2.11. The van der Waals surface area contributed by atoms with E-state index in [1.807, 2.05) is 48.7 Å². The lowest BCUT2D eigenvalue weighted by atomic mass is 10.1. The van der Waals surface area contributed by atoms with Crippen LogP contribution in [0.4, 0.5) is 0 Å². The van der Waals surface area contributed by atoms with Crippen LogP contribution >= 0.6 is 0 Å². The standard InChI is InChI=1S/C19H18N4O3/c1-11-14-10-13(25-3)7-8-15(14)26-17(11)19(24)20-12(2)18-22-21-16-6-4-5-9-23(16)18/h4-10,12H,1-3H3,(H,20,24). The van der Waals surface area contributed by atoms with E-state index >= 15 is 0 Å². The number of rotatable bonds is 4. The first-order chi connectivity index (χ1) is 12.6. The SMILES string of the molecule is COc1ccc2oc(C(=O)NC(C)c3nnc4ccccn34)c(C)c2c1. The maximum Gasteiger partial charge on any atom is 0.287 e. The van der Waals surface area contributed by atoms with Gasteiger partial charge in [-0.05, 0) is 44.2 Å². The number of carbonyl (C=O) groups excluding carboxylic acids is 1. The predicted octanol–water partition coefficient (Wildman–Crippen LogP) is 3.28. The number of nitrogens with one attached hydrogen (secondary N) is 1. The Labute approximate surface area is 149 Å². The molecule has 0 bridgehead atoms. The van der Waals surface area contributed by atoms with Crippen LogP contribution in [0.1, 0.15) is 34.9 Å². The highest BCUT2D eigenvalue weighted by atomic mass is 16.5. The zero-order valence-electron chi connectivity index (χ0n) is 14.7. The Morgan fingerprint density at radius 2 is 2.12 bits per heavy atom. The molecule has 1 N–H and O–H groups in total. The Balaban J connectivity index is 1.63. The van der Waals surface area contributed by atoms with Gasteiger partial charge in [0.05, 0.1) is 13.2 Å². The van der Waals surface area contributed by atoms with E-state index in [1.165, 1.54) is 0 Å². The Hall–Kier alpha value is -3.35. The molecule has 3 heterocycles. The Kier molecular flexibility index (Phi) is 3.84. The first-order valence-corrected chi connectivity index (χ1v) is 8.26. The van der Waals surface area contributed by atoms with Gasteiger partial charge in [0.2, 0.25) is 0 Å². The fraction of sp³-hybridized carbons (Fsp3) is 0.211. The molecular formula is C19H18N4O3. The largest absolute Gasteiger partial charge is 0.497 e. The van der Waals surface area contributed by atoms with Gasteiger partial charge in [0.1, 0.15) is 11.3 Å². The van der Waals surface area contributed by atoms with E-state index < -0.39 is 0 Å². The maximum atomic E-state index is 12.7. The van der Waals surface area contributed by atoms with Crippen molar-refractivity contribution in [2.75, 3.05) is 7.11 Å². The number of amides is 1. The average Bonchev–Trinajstić information content (AvgIpc) is 3.23. The maximum absolute atomic E-state index is 12.7. The highest BCUT2D eigenvalue weighted by Crippen LogP contribution is 2.29. The van der Waals surface area contributed by atoms with Crippen molar-refractivity contribution in [3.05, 3.63) is 59.7 Å². The predicted molar refractivity (Wildman–Crippen MR) is 96.4 cm³/mol. The second-order valence-corrected chi connectivity index (χ2v) is 6.10. The van der Waals surface area contributed by atoms with Gasteiger partial charge >= 0.3 is 0 Å². The van der Waals surface area contributed by atoms with Crippen molar-refractivity contribution in [3.63, 3.8) is 0 Å². The van der Waals surface area contributed by atoms with Gasteiger partial charge in [0, 0.05) is 17.1 Å². The number of aromatic nitrogens is 3. The number of methoxy groups -OCH3 is 1. The molecule has 0 aliphatic carbocycles. The normalized spacial score (nSPS) is 12.4. The molecule has 0 aliphatic heterocycles. The van der Waals surface area contributed by atoms with Gasteiger partial charge in [-0.25, -0.2) is 0 Å². The highest BCUT2D eigenvalue weighted by molar-refractivity contribution is 5.99. The van der Waals surface area contributed by atoms with Crippen LogP contribution < -0.4 is 10.1 Å². The van der Waals surface area contributed by atoms with E-state index in [9.17, 15) is 4.79 Å². The zero-order valence-corrected chi connectivity index (χ0v) is 14.7. The lowest BCUT2D eigenvalue weighted by molar-refractivity contribution is 0.0911. The summed E-state index contributed by atoms with van der Waals surface area (Å²) in [6, 6.07) is 10.8. The highest BCUT2D eigenvalue weighted by Gasteiger charge is 2.22. The van der Waals surface area contributed by atoms with Gasteiger partial charge in [0.25, 0.3) is 5.91 Å². The lowest BCUT2D eigenvalue weighted by Crippen LogP contribution is -2.28. The van der Waals surface area contributed by atoms with Crippen molar-refractivity contribution in [1.29, 1.82) is 0 Å². The smallest absolute Gasteiger partial charge is 0.287 e. The summed E-state index contributed by atoms with van der Waals surface area (Å²) in [4.78, 5) is 12.7. The monoisotopic (exact) mass is 350 g/mol. The topological polar surface area (TPSA) is 81.7 Å². The van der Waals surface area contributed by atoms with Crippen molar-refractivity contribution in [3.8, 4) is 5.75 Å². The van der Waals surface area contributed by atoms with E-state index in [-0.39, 0.29) is 17.7 Å². The van der Waals surface area contributed by atoms with E-state index in [0.29, 0.717) is 11.4 Å². The molecule has 0 saturated carbocycles. The van der Waals surface area contributed by atoms with Crippen LogP contribution in [0.25, 0.3) is 16.6 Å². The Morgan fingerprint density at radius 1 is 1.27 bits per heavy atom. The van der Waals surface area contributed by atoms with Gasteiger partial charge in [-0.15, -0.1) is 10.2 Å². The summed E-state index contributed by atoms with van der Waals surface area (Å²) in [5.41, 5.74) is 2.15. The summed E-state index contributed by atoms with van der Waals surface area (Å²) < 4.78 is 12.8. The van der Waals surface area contributed by atoms with Crippen molar-refractivity contribution < 1.29 is 13.9 Å². The van der Waals surface area contributed by atoms with Gasteiger partial charge in [-0.1, -0.05) is 6.07 Å². The molecule has 1 amide bonds. The molecule has 1 aromatic carbocycles. The molecular weight excluding hydrogens is 332 g/mol. The Bertz CT molecular complexity index is 1110. The van der Waals surface area contributed by atoms with Crippen LogP contribution in [0.3, 0.4) is 0 Å². The molecule has 132 valence electrons. The number of nitrogens with zero attached hydrogens (tertiary/aromatic N) is 3. The first kappa shape index (κ1) is 16.1. The third kappa shape index (κ3) is 2.57. The number of carbonyl (C=O) groups is 1. The molecule has 0 radical (unpaired) electrons.